The van der Waals surface area contributed by atoms with E-state index >= 15 is 0 Å². The number of hydrogen-bond donors (Lipinski definition) is 3. The highest BCUT2D eigenvalue weighted by molar-refractivity contribution is 6.33. The molecule has 6 nitrogen and oxygen atoms in total. The number of hydrogen-bond acceptors (Lipinski definition) is 3. The van der Waals surface area contributed by atoms with Crippen LogP contribution in [0, 0.1) is 0 Å². The predicted octanol–water partition coefficient (Wildman–Crippen LogP) is 3.20. The lowest BCUT2D eigenvalue weighted by Gasteiger charge is -2.29. The molecular formula is C16H21ClN4O2. The maximum atomic E-state index is 12.3. The first-order chi connectivity index (χ1) is 11.0. The number of amides is 2. The van der Waals surface area contributed by atoms with E-state index in [4.69, 9.17) is 16.7 Å². The molecule has 124 valence electrons. The van der Waals surface area contributed by atoms with E-state index in [2.05, 4.69) is 15.7 Å². The van der Waals surface area contributed by atoms with Gasteiger partial charge < -0.3 is 15.7 Å². The van der Waals surface area contributed by atoms with Crippen molar-refractivity contribution in [1.29, 1.82) is 0 Å². The van der Waals surface area contributed by atoms with Crippen LogP contribution in [0.4, 0.5) is 10.5 Å². The Morgan fingerprint density at radius 3 is 2.83 bits per heavy atom. The number of benzene rings is 1. The summed E-state index contributed by atoms with van der Waals surface area (Å²) in [7, 11) is 0. The summed E-state index contributed by atoms with van der Waals surface area (Å²) in [6, 6.07) is 6.69. The van der Waals surface area contributed by atoms with Crippen LogP contribution in [0.1, 0.15) is 26.7 Å². The van der Waals surface area contributed by atoms with Gasteiger partial charge in [0.1, 0.15) is 5.69 Å². The Labute approximate surface area is 140 Å². The number of carbonyl (C=O) groups excluding carboxylic acids is 1. The lowest BCUT2D eigenvalue weighted by molar-refractivity contribution is 0.208. The number of nitrogens with zero attached hydrogens (tertiary/aromatic N) is 2. The molecule has 7 heteroatoms. The molecule has 0 radical (unpaired) electrons. The number of anilines is 1. The number of nitrogens with one attached hydrogen (secondary N) is 2. The Morgan fingerprint density at radius 1 is 1.43 bits per heavy atom. The van der Waals surface area contributed by atoms with E-state index in [1.54, 1.807) is 41.3 Å². The Balaban J connectivity index is 2.21. The Morgan fingerprint density at radius 2 is 2.22 bits per heavy atom. The standard InChI is InChI=1S/C16H21ClN4O2/c1-3-16(2,8-11-22)20-15(23)19-13-7-4-6-12(17)14(13)21-10-5-9-18-21/h4-7,9-10,22H,3,8,11H2,1-2H3,(H2,19,20,23). The van der Waals surface area contributed by atoms with E-state index in [0.29, 0.717) is 29.2 Å². The van der Waals surface area contributed by atoms with Crippen LogP contribution in [0.5, 0.6) is 0 Å². The molecule has 1 aromatic heterocycles. The van der Waals surface area contributed by atoms with Gasteiger partial charge in [0.05, 0.1) is 10.7 Å². The lowest BCUT2D eigenvalue weighted by Crippen LogP contribution is -2.48. The first-order valence-corrected chi connectivity index (χ1v) is 7.85. The third-order valence-corrected chi connectivity index (χ3v) is 4.13. The molecule has 1 atom stereocenters. The summed E-state index contributed by atoms with van der Waals surface area (Å²) in [5.41, 5.74) is 0.694. The molecule has 1 unspecified atom stereocenters. The third-order valence-electron chi connectivity index (χ3n) is 3.83. The summed E-state index contributed by atoms with van der Waals surface area (Å²) in [5.74, 6) is 0. The largest absolute Gasteiger partial charge is 0.396 e. The van der Waals surface area contributed by atoms with Crippen molar-refractivity contribution < 1.29 is 9.90 Å². The van der Waals surface area contributed by atoms with Gasteiger partial charge in [-0.25, -0.2) is 9.48 Å². The topological polar surface area (TPSA) is 79.2 Å². The molecule has 0 bridgehead atoms. The fraction of sp³-hybridized carbons (Fsp3) is 0.375. The van der Waals surface area contributed by atoms with Crippen molar-refractivity contribution in [2.45, 2.75) is 32.2 Å². The number of aliphatic hydroxyl groups is 1. The second-order valence-corrected chi connectivity index (χ2v) is 5.96. The van der Waals surface area contributed by atoms with Crippen LogP contribution in [0.2, 0.25) is 5.02 Å². The van der Waals surface area contributed by atoms with Crippen molar-refractivity contribution in [2.24, 2.45) is 0 Å². The van der Waals surface area contributed by atoms with Gasteiger partial charge in [0.2, 0.25) is 0 Å². The van der Waals surface area contributed by atoms with Gasteiger partial charge in [-0.2, -0.15) is 5.10 Å². The van der Waals surface area contributed by atoms with Crippen LogP contribution in [0.25, 0.3) is 5.69 Å². The van der Waals surface area contributed by atoms with Crippen LogP contribution >= 0.6 is 11.6 Å². The molecule has 3 N–H and O–H groups in total. The minimum atomic E-state index is -0.469. The Bertz CT molecular complexity index is 660. The Kier molecular flexibility index (Phi) is 5.63. The number of carbonyl (C=O) groups is 1. The van der Waals surface area contributed by atoms with Crippen LogP contribution in [-0.4, -0.2) is 33.1 Å². The molecule has 0 aliphatic carbocycles. The molecule has 2 amide bonds. The highest BCUT2D eigenvalue weighted by Crippen LogP contribution is 2.28. The molecule has 0 saturated carbocycles. The second kappa shape index (κ2) is 7.48. The lowest BCUT2D eigenvalue weighted by atomic mass is 9.95. The number of aliphatic hydroxyl groups excluding tert-OH is 1. The summed E-state index contributed by atoms with van der Waals surface area (Å²) in [6.45, 7) is 3.88. The van der Waals surface area contributed by atoms with Crippen LogP contribution < -0.4 is 10.6 Å². The van der Waals surface area contributed by atoms with Crippen LogP contribution in [-0.2, 0) is 0 Å². The van der Waals surface area contributed by atoms with E-state index in [0.717, 1.165) is 0 Å². The predicted molar refractivity (Wildman–Crippen MR) is 91.1 cm³/mol. The van der Waals surface area contributed by atoms with E-state index in [9.17, 15) is 4.79 Å². The number of para-hydroxylation sites is 1. The molecular weight excluding hydrogens is 316 g/mol. The van der Waals surface area contributed by atoms with Crippen molar-refractivity contribution in [3.63, 3.8) is 0 Å². The Hall–Kier alpha value is -2.05. The van der Waals surface area contributed by atoms with Crippen LogP contribution in [0.3, 0.4) is 0 Å². The van der Waals surface area contributed by atoms with Gasteiger partial charge in [0, 0.05) is 24.5 Å². The number of aromatic nitrogens is 2. The number of halogens is 1. The molecule has 0 spiro atoms. The monoisotopic (exact) mass is 336 g/mol. The van der Waals surface area contributed by atoms with Gasteiger partial charge >= 0.3 is 6.03 Å². The van der Waals surface area contributed by atoms with E-state index < -0.39 is 5.54 Å². The van der Waals surface area contributed by atoms with E-state index in [-0.39, 0.29) is 12.6 Å². The van der Waals surface area contributed by atoms with Gasteiger partial charge in [-0.3, -0.25) is 0 Å². The van der Waals surface area contributed by atoms with Crippen molar-refractivity contribution in [1.82, 2.24) is 15.1 Å². The molecule has 2 rings (SSSR count). The summed E-state index contributed by atoms with van der Waals surface area (Å²) >= 11 is 6.25. The summed E-state index contributed by atoms with van der Waals surface area (Å²) < 4.78 is 1.60. The van der Waals surface area contributed by atoms with Crippen molar-refractivity contribution in [3.05, 3.63) is 41.7 Å². The highest BCUT2D eigenvalue weighted by Gasteiger charge is 2.24. The van der Waals surface area contributed by atoms with Crippen molar-refractivity contribution in [2.75, 3.05) is 11.9 Å². The van der Waals surface area contributed by atoms with Gasteiger partial charge in [-0.15, -0.1) is 0 Å². The number of rotatable bonds is 6. The minimum absolute atomic E-state index is 0.0142. The zero-order chi connectivity index (χ0) is 16.9. The normalized spacial score (nSPS) is 13.4. The molecule has 2 aromatic rings. The van der Waals surface area contributed by atoms with Gasteiger partial charge in [0.25, 0.3) is 0 Å². The average molecular weight is 337 g/mol. The zero-order valence-corrected chi connectivity index (χ0v) is 14.0. The third kappa shape index (κ3) is 4.24. The molecule has 23 heavy (non-hydrogen) atoms. The summed E-state index contributed by atoms with van der Waals surface area (Å²) in [5, 5.41) is 19.5. The molecule has 1 heterocycles. The maximum Gasteiger partial charge on any atom is 0.319 e. The fourth-order valence-corrected chi connectivity index (χ4v) is 2.51. The maximum absolute atomic E-state index is 12.3. The first-order valence-electron chi connectivity index (χ1n) is 7.47. The zero-order valence-electron chi connectivity index (χ0n) is 13.2. The average Bonchev–Trinajstić information content (AvgIpc) is 3.01. The minimum Gasteiger partial charge on any atom is -0.396 e. The molecule has 0 aliphatic rings. The van der Waals surface area contributed by atoms with E-state index in [1.165, 1.54) is 0 Å². The second-order valence-electron chi connectivity index (χ2n) is 5.55. The highest BCUT2D eigenvalue weighted by atomic mass is 35.5. The molecule has 0 fully saturated rings. The SMILES string of the molecule is CCC(C)(CCO)NC(=O)Nc1cccc(Cl)c1-n1cccn1. The molecule has 0 aliphatic heterocycles. The first kappa shape index (κ1) is 17.3. The van der Waals surface area contributed by atoms with Crippen LogP contribution in [0.15, 0.2) is 36.7 Å². The van der Waals surface area contributed by atoms with Crippen molar-refractivity contribution in [3.8, 4) is 5.69 Å². The summed E-state index contributed by atoms with van der Waals surface area (Å²) in [6.07, 6.45) is 4.59. The smallest absolute Gasteiger partial charge is 0.319 e. The van der Waals surface area contributed by atoms with Gasteiger partial charge in [0.15, 0.2) is 0 Å². The molecule has 0 saturated heterocycles. The number of urea groups is 1. The quantitative estimate of drug-likeness (QED) is 0.758. The van der Waals surface area contributed by atoms with E-state index in [1.807, 2.05) is 13.8 Å². The van der Waals surface area contributed by atoms with Crippen molar-refractivity contribution >= 4 is 23.3 Å². The van der Waals surface area contributed by atoms with Gasteiger partial charge in [-0.05, 0) is 38.0 Å². The summed E-state index contributed by atoms with van der Waals surface area (Å²) in [4.78, 5) is 12.3. The van der Waals surface area contributed by atoms with Gasteiger partial charge in [-0.1, -0.05) is 24.6 Å². The molecule has 1 aromatic carbocycles. The fourth-order valence-electron chi connectivity index (χ4n) is 2.25.